The van der Waals surface area contributed by atoms with Gasteiger partial charge in [-0.05, 0) is 31.4 Å². The van der Waals surface area contributed by atoms with E-state index in [1.807, 2.05) is 13.8 Å². The third-order valence-electron chi connectivity index (χ3n) is 2.98. The van der Waals surface area contributed by atoms with Crippen LogP contribution in [0.2, 0.25) is 5.02 Å². The van der Waals surface area contributed by atoms with Gasteiger partial charge >= 0.3 is 0 Å². The Morgan fingerprint density at radius 2 is 2.00 bits per heavy atom. The summed E-state index contributed by atoms with van der Waals surface area (Å²) in [6, 6.07) is 1.58. The number of hydrogen-bond acceptors (Lipinski definition) is 2. The molecule has 20 heavy (non-hydrogen) atoms. The number of amides is 1. The van der Waals surface area contributed by atoms with Crippen molar-refractivity contribution < 1.29 is 13.6 Å². The van der Waals surface area contributed by atoms with E-state index in [1.165, 1.54) is 0 Å². The van der Waals surface area contributed by atoms with Crippen molar-refractivity contribution in [2.45, 2.75) is 32.7 Å². The molecule has 3 N–H and O–H groups in total. The second-order valence-electron chi connectivity index (χ2n) is 5.56. The van der Waals surface area contributed by atoms with Crippen LogP contribution in [0.5, 0.6) is 0 Å². The minimum absolute atomic E-state index is 0.203. The van der Waals surface area contributed by atoms with Crippen molar-refractivity contribution in [2.24, 2.45) is 11.7 Å². The van der Waals surface area contributed by atoms with Crippen LogP contribution in [-0.4, -0.2) is 18.0 Å². The highest BCUT2D eigenvalue weighted by atomic mass is 35.5. The first-order valence-electron chi connectivity index (χ1n) is 6.35. The van der Waals surface area contributed by atoms with Crippen molar-refractivity contribution in [2.75, 3.05) is 6.54 Å². The van der Waals surface area contributed by atoms with Crippen LogP contribution < -0.4 is 11.1 Å². The Hall–Kier alpha value is -1.20. The number of nitrogens with two attached hydrogens (primary N) is 1. The molecule has 1 aromatic rings. The molecule has 0 fully saturated rings. The van der Waals surface area contributed by atoms with Crippen LogP contribution in [0.1, 0.15) is 37.6 Å². The van der Waals surface area contributed by atoms with Gasteiger partial charge in [0.2, 0.25) is 0 Å². The lowest BCUT2D eigenvalue weighted by atomic mass is 9.90. The predicted molar refractivity (Wildman–Crippen MR) is 75.7 cm³/mol. The Morgan fingerprint density at radius 1 is 1.40 bits per heavy atom. The highest BCUT2D eigenvalue weighted by Crippen LogP contribution is 2.21. The zero-order valence-corrected chi connectivity index (χ0v) is 12.5. The van der Waals surface area contributed by atoms with Crippen molar-refractivity contribution in [1.29, 1.82) is 0 Å². The van der Waals surface area contributed by atoms with Crippen molar-refractivity contribution >= 4 is 17.5 Å². The van der Waals surface area contributed by atoms with E-state index in [1.54, 1.807) is 6.92 Å². The Bertz CT molecular complexity index is 508. The van der Waals surface area contributed by atoms with E-state index in [0.29, 0.717) is 12.3 Å². The molecule has 1 unspecified atom stereocenters. The molecule has 6 heteroatoms. The van der Waals surface area contributed by atoms with Gasteiger partial charge in [-0.3, -0.25) is 4.79 Å². The summed E-state index contributed by atoms with van der Waals surface area (Å²) in [5, 5.41) is 2.31. The van der Waals surface area contributed by atoms with Gasteiger partial charge < -0.3 is 11.1 Å². The molecule has 0 aromatic heterocycles. The first-order valence-corrected chi connectivity index (χ1v) is 6.73. The minimum Gasteiger partial charge on any atom is -0.346 e. The van der Waals surface area contributed by atoms with Crippen LogP contribution in [0.25, 0.3) is 0 Å². The first-order chi connectivity index (χ1) is 9.18. The van der Waals surface area contributed by atoms with Crippen LogP contribution in [0.3, 0.4) is 0 Å². The summed E-state index contributed by atoms with van der Waals surface area (Å²) in [4.78, 5) is 12.1. The summed E-state index contributed by atoms with van der Waals surface area (Å²) in [7, 11) is 0. The molecule has 0 spiro atoms. The van der Waals surface area contributed by atoms with E-state index >= 15 is 0 Å². The first kappa shape index (κ1) is 16.9. The zero-order valence-electron chi connectivity index (χ0n) is 11.8. The molecule has 0 saturated heterocycles. The van der Waals surface area contributed by atoms with E-state index in [0.717, 1.165) is 12.1 Å². The van der Waals surface area contributed by atoms with Crippen LogP contribution in [0.15, 0.2) is 12.1 Å². The van der Waals surface area contributed by atoms with Gasteiger partial charge in [0.05, 0.1) is 10.6 Å². The van der Waals surface area contributed by atoms with Crippen molar-refractivity contribution in [3.8, 4) is 0 Å². The van der Waals surface area contributed by atoms with Gasteiger partial charge in [-0.2, -0.15) is 0 Å². The quantitative estimate of drug-likeness (QED) is 0.821. The number of benzene rings is 1. The van der Waals surface area contributed by atoms with Gasteiger partial charge in [0, 0.05) is 12.1 Å². The van der Waals surface area contributed by atoms with Crippen LogP contribution in [0.4, 0.5) is 8.78 Å². The lowest BCUT2D eigenvalue weighted by Crippen LogP contribution is -2.52. The smallest absolute Gasteiger partial charge is 0.254 e. The van der Waals surface area contributed by atoms with Gasteiger partial charge in [-0.25, -0.2) is 8.78 Å². The van der Waals surface area contributed by atoms with Gasteiger partial charge in [0.1, 0.15) is 11.6 Å². The normalized spacial score (nSPS) is 14.2. The van der Waals surface area contributed by atoms with E-state index in [-0.39, 0.29) is 17.1 Å². The maximum Gasteiger partial charge on any atom is 0.254 e. The lowest BCUT2D eigenvalue weighted by Gasteiger charge is -2.31. The molecular weight excluding hydrogens is 286 g/mol. The SMILES string of the molecule is CC(C)CC(C)(CN)NC(=O)c1cc(F)c(Cl)cc1F. The monoisotopic (exact) mass is 304 g/mol. The number of carbonyl (C=O) groups is 1. The van der Waals surface area contributed by atoms with Crippen molar-refractivity contribution in [3.63, 3.8) is 0 Å². The molecule has 0 aliphatic rings. The predicted octanol–water partition coefficient (Wildman–Crippen LogP) is 3.11. The third kappa shape index (κ3) is 4.15. The highest BCUT2D eigenvalue weighted by Gasteiger charge is 2.27. The molecule has 1 amide bonds. The molecule has 0 aliphatic heterocycles. The average Bonchev–Trinajstić information content (AvgIpc) is 2.32. The van der Waals surface area contributed by atoms with Gasteiger partial charge in [0.25, 0.3) is 5.91 Å². The second-order valence-corrected chi connectivity index (χ2v) is 5.97. The van der Waals surface area contributed by atoms with Crippen LogP contribution >= 0.6 is 11.6 Å². The zero-order chi connectivity index (χ0) is 15.5. The molecule has 0 heterocycles. The molecular formula is C14H19ClF2N2O. The summed E-state index contributed by atoms with van der Waals surface area (Å²) < 4.78 is 27.0. The highest BCUT2D eigenvalue weighted by molar-refractivity contribution is 6.30. The number of carbonyl (C=O) groups excluding carboxylic acids is 1. The molecule has 0 aliphatic carbocycles. The fourth-order valence-electron chi connectivity index (χ4n) is 2.12. The number of hydrogen-bond donors (Lipinski definition) is 2. The summed E-state index contributed by atoms with van der Waals surface area (Å²) in [5.41, 5.74) is 4.62. The van der Waals surface area contributed by atoms with Gasteiger partial charge in [-0.15, -0.1) is 0 Å². The van der Waals surface area contributed by atoms with E-state index in [4.69, 9.17) is 17.3 Å². The number of nitrogens with one attached hydrogen (secondary N) is 1. The second kappa shape index (κ2) is 6.50. The van der Waals surface area contributed by atoms with E-state index in [9.17, 15) is 13.6 Å². The molecule has 1 aromatic carbocycles. The van der Waals surface area contributed by atoms with E-state index in [2.05, 4.69) is 5.32 Å². The largest absolute Gasteiger partial charge is 0.346 e. The van der Waals surface area contributed by atoms with Crippen molar-refractivity contribution in [1.82, 2.24) is 5.32 Å². The summed E-state index contributed by atoms with van der Waals surface area (Å²) >= 11 is 5.45. The standard InChI is InChI=1S/C14H19ClF2N2O/c1-8(2)6-14(3,7-18)19-13(20)9-4-12(17)10(15)5-11(9)16/h4-5,8H,6-7,18H2,1-3H3,(H,19,20). The molecule has 112 valence electrons. The summed E-state index contributed by atoms with van der Waals surface area (Å²) in [5.74, 6) is -2.10. The molecule has 0 bridgehead atoms. The lowest BCUT2D eigenvalue weighted by molar-refractivity contribution is 0.0893. The molecule has 0 radical (unpaired) electrons. The maximum atomic E-state index is 13.7. The maximum absolute atomic E-state index is 13.7. The van der Waals surface area contributed by atoms with Crippen LogP contribution in [-0.2, 0) is 0 Å². The van der Waals surface area contributed by atoms with Crippen molar-refractivity contribution in [3.05, 3.63) is 34.4 Å². The third-order valence-corrected chi connectivity index (χ3v) is 3.27. The van der Waals surface area contributed by atoms with E-state index < -0.39 is 23.1 Å². The van der Waals surface area contributed by atoms with Crippen LogP contribution in [0, 0.1) is 17.6 Å². The number of halogens is 3. The average molecular weight is 305 g/mol. The fraction of sp³-hybridized carbons (Fsp3) is 0.500. The number of rotatable bonds is 5. The van der Waals surface area contributed by atoms with Gasteiger partial charge in [-0.1, -0.05) is 25.4 Å². The Kier molecular flexibility index (Phi) is 5.48. The Balaban J connectivity index is 2.98. The molecule has 3 nitrogen and oxygen atoms in total. The topological polar surface area (TPSA) is 55.1 Å². The summed E-state index contributed by atoms with van der Waals surface area (Å²) in [6.07, 6.45) is 0.632. The molecule has 0 saturated carbocycles. The van der Waals surface area contributed by atoms with Gasteiger partial charge in [0.15, 0.2) is 0 Å². The molecule has 1 rings (SSSR count). The summed E-state index contributed by atoms with van der Waals surface area (Å²) in [6.45, 7) is 5.95. The minimum atomic E-state index is -0.863. The Morgan fingerprint density at radius 3 is 2.50 bits per heavy atom. The Labute approximate surface area is 122 Å². The molecule has 1 atom stereocenters. The fourth-order valence-corrected chi connectivity index (χ4v) is 2.27.